The van der Waals surface area contributed by atoms with Crippen LogP contribution in [0, 0.1) is 20.8 Å². The number of ether oxygens (including phenoxy) is 1. The molecule has 40 heavy (non-hydrogen) atoms. The second-order valence-electron chi connectivity index (χ2n) is 9.28. The number of aryl methyl sites for hydroxylation is 3. The van der Waals surface area contributed by atoms with Crippen molar-refractivity contribution < 1.29 is 47.6 Å². The van der Waals surface area contributed by atoms with Gasteiger partial charge in [-0.25, -0.2) is 0 Å². The van der Waals surface area contributed by atoms with E-state index in [9.17, 15) is 30.4 Å². The Kier molecular flexibility index (Phi) is 8.82. The van der Waals surface area contributed by atoms with Gasteiger partial charge in [0, 0.05) is 0 Å². The fraction of sp³-hybridized carbons (Fsp3) is 0.308. The van der Waals surface area contributed by atoms with E-state index >= 15 is 0 Å². The predicted molar refractivity (Wildman–Crippen MR) is 142 cm³/mol. The molecule has 4 rings (SSSR count). The first-order valence-electron chi connectivity index (χ1n) is 12.0. The monoisotopic (exact) mass is 612 g/mol. The lowest BCUT2D eigenvalue weighted by molar-refractivity contribution is -0.233. The van der Waals surface area contributed by atoms with Gasteiger partial charge in [-0.3, -0.25) is 12.5 Å². The molecular weight excluding hydrogens is 584 g/mol. The number of aliphatic hydroxyl groups is 1. The Morgan fingerprint density at radius 1 is 0.575 bits per heavy atom. The van der Waals surface area contributed by atoms with Crippen LogP contribution in [0.1, 0.15) is 16.7 Å². The molecule has 1 heterocycles. The van der Waals surface area contributed by atoms with E-state index < -0.39 is 61.6 Å². The molecule has 14 heteroatoms. The normalized spacial score (nSPS) is 22.2. The van der Waals surface area contributed by atoms with Crippen LogP contribution < -0.4 is 0 Å². The molecular formula is C26H28O11S3. The molecule has 0 unspecified atom stereocenters. The van der Waals surface area contributed by atoms with Gasteiger partial charge >= 0.3 is 0 Å². The zero-order chi connectivity index (χ0) is 29.3. The Morgan fingerprint density at radius 3 is 1.27 bits per heavy atom. The van der Waals surface area contributed by atoms with Crippen molar-refractivity contribution >= 4 is 30.4 Å². The van der Waals surface area contributed by atoms with Crippen molar-refractivity contribution in [1.82, 2.24) is 0 Å². The summed E-state index contributed by atoms with van der Waals surface area (Å²) in [5.41, 5.74) is 2.31. The third kappa shape index (κ3) is 6.95. The van der Waals surface area contributed by atoms with Crippen LogP contribution in [0.15, 0.2) is 87.5 Å². The molecule has 1 fully saturated rings. The van der Waals surface area contributed by atoms with Gasteiger partial charge < -0.3 is 9.84 Å². The van der Waals surface area contributed by atoms with Gasteiger partial charge in [0.05, 0.1) is 21.3 Å². The molecule has 0 aromatic heterocycles. The molecule has 1 N–H and O–H groups in total. The van der Waals surface area contributed by atoms with E-state index in [0.29, 0.717) is 0 Å². The van der Waals surface area contributed by atoms with Crippen LogP contribution in [-0.4, -0.2) is 61.6 Å². The topological polar surface area (TPSA) is 160 Å². The quantitative estimate of drug-likeness (QED) is 0.354. The number of aliphatic hydroxyl groups excluding tert-OH is 1. The minimum Gasteiger partial charge on any atom is -0.366 e. The van der Waals surface area contributed by atoms with Gasteiger partial charge in [-0.1, -0.05) is 53.1 Å². The van der Waals surface area contributed by atoms with Crippen molar-refractivity contribution in [2.75, 3.05) is 6.61 Å². The summed E-state index contributed by atoms with van der Waals surface area (Å²) in [5, 5.41) is 10.6. The van der Waals surface area contributed by atoms with Crippen LogP contribution in [0.25, 0.3) is 0 Å². The highest BCUT2D eigenvalue weighted by Crippen LogP contribution is 2.31. The molecule has 4 atom stereocenters. The molecule has 0 spiro atoms. The maximum absolute atomic E-state index is 13.2. The summed E-state index contributed by atoms with van der Waals surface area (Å²) in [4.78, 5) is -0.825. The molecule has 0 aliphatic carbocycles. The van der Waals surface area contributed by atoms with Gasteiger partial charge in [-0.15, -0.1) is 0 Å². The summed E-state index contributed by atoms with van der Waals surface area (Å²) in [7, 11) is -13.8. The summed E-state index contributed by atoms with van der Waals surface area (Å²) >= 11 is 0. The fourth-order valence-corrected chi connectivity index (χ4v) is 7.05. The Hall–Kier alpha value is -2.69. The van der Waals surface area contributed by atoms with E-state index in [1.165, 1.54) is 72.8 Å². The first-order valence-corrected chi connectivity index (χ1v) is 16.2. The standard InChI is InChI=1S/C26H28O11S3/c1-17-4-10-20(11-5-17)38(28,29)35-23-16-34-26(27)25(37-40(32,33)22-14-8-19(3)9-15-22)24(23)36-39(30,31)21-12-6-18(2)7-13-21/h4-15,23-27H,16H2,1-3H3/t23-,24+,25-,26-/m1/s1. The third-order valence-electron chi connectivity index (χ3n) is 6.06. The summed E-state index contributed by atoms with van der Waals surface area (Å²) in [5.74, 6) is 0. The highest BCUT2D eigenvalue weighted by molar-refractivity contribution is 7.87. The van der Waals surface area contributed by atoms with E-state index in [1.807, 2.05) is 0 Å². The van der Waals surface area contributed by atoms with Crippen molar-refractivity contribution in [2.45, 2.75) is 60.1 Å². The molecule has 0 amide bonds. The number of hydrogen-bond donors (Lipinski definition) is 1. The van der Waals surface area contributed by atoms with Crippen LogP contribution in [-0.2, 0) is 47.6 Å². The van der Waals surface area contributed by atoms with Crippen molar-refractivity contribution in [3.05, 3.63) is 89.5 Å². The van der Waals surface area contributed by atoms with Crippen LogP contribution in [0.3, 0.4) is 0 Å². The predicted octanol–water partition coefficient (Wildman–Crippen LogP) is 2.58. The molecule has 11 nitrogen and oxygen atoms in total. The molecule has 0 radical (unpaired) electrons. The lowest BCUT2D eigenvalue weighted by Crippen LogP contribution is -2.57. The Labute approximate surface area is 233 Å². The maximum Gasteiger partial charge on any atom is 0.297 e. The Bertz CT molecular complexity index is 1650. The van der Waals surface area contributed by atoms with E-state index in [1.54, 1.807) is 20.8 Å². The van der Waals surface area contributed by atoms with E-state index in [4.69, 9.17) is 17.3 Å². The highest BCUT2D eigenvalue weighted by atomic mass is 32.2. The van der Waals surface area contributed by atoms with Crippen molar-refractivity contribution in [1.29, 1.82) is 0 Å². The number of benzene rings is 3. The van der Waals surface area contributed by atoms with Gasteiger partial charge in [0.1, 0.15) is 12.2 Å². The second-order valence-corrected chi connectivity index (χ2v) is 14.0. The zero-order valence-electron chi connectivity index (χ0n) is 21.7. The molecule has 1 aliphatic rings. The van der Waals surface area contributed by atoms with Gasteiger partial charge in [0.2, 0.25) is 0 Å². The molecule has 1 saturated heterocycles. The average molecular weight is 613 g/mol. The SMILES string of the molecule is Cc1ccc(S(=O)(=O)O[C@@H]2[C@@H](OS(=O)(=O)c3ccc(C)cc3)[C@H](OS(=O)(=O)c3ccc(C)cc3)CO[C@H]2O)cc1. The minimum absolute atomic E-state index is 0.242. The van der Waals surface area contributed by atoms with Gasteiger partial charge in [0.15, 0.2) is 12.4 Å². The first-order chi connectivity index (χ1) is 18.7. The molecule has 216 valence electrons. The summed E-state index contributed by atoms with van der Waals surface area (Å²) in [6.45, 7) is 4.58. The summed E-state index contributed by atoms with van der Waals surface area (Å²) < 4.78 is 99.7. The number of hydrogen-bond acceptors (Lipinski definition) is 11. The van der Waals surface area contributed by atoms with Gasteiger partial charge in [0.25, 0.3) is 30.4 Å². The third-order valence-corrected chi connectivity index (χ3v) is 10.1. The minimum atomic E-state index is -4.63. The molecule has 3 aromatic carbocycles. The van der Waals surface area contributed by atoms with E-state index in [2.05, 4.69) is 0 Å². The van der Waals surface area contributed by atoms with E-state index in [-0.39, 0.29) is 14.7 Å². The lowest BCUT2D eigenvalue weighted by atomic mass is 10.1. The summed E-state index contributed by atoms with van der Waals surface area (Å²) in [6.07, 6.45) is -7.73. The first kappa shape index (κ1) is 30.3. The van der Waals surface area contributed by atoms with Gasteiger partial charge in [-0.2, -0.15) is 25.3 Å². The second kappa shape index (κ2) is 11.7. The van der Waals surface area contributed by atoms with E-state index in [0.717, 1.165) is 16.7 Å². The summed E-state index contributed by atoms with van der Waals surface area (Å²) in [6, 6.07) is 16.7. The molecule has 0 bridgehead atoms. The smallest absolute Gasteiger partial charge is 0.297 e. The molecule has 0 saturated carbocycles. The van der Waals surface area contributed by atoms with Crippen LogP contribution in [0.4, 0.5) is 0 Å². The van der Waals surface area contributed by atoms with Crippen molar-refractivity contribution in [3.63, 3.8) is 0 Å². The zero-order valence-corrected chi connectivity index (χ0v) is 24.1. The number of rotatable bonds is 9. The maximum atomic E-state index is 13.2. The molecule has 3 aromatic rings. The van der Waals surface area contributed by atoms with Crippen molar-refractivity contribution in [2.24, 2.45) is 0 Å². The van der Waals surface area contributed by atoms with Crippen LogP contribution in [0.5, 0.6) is 0 Å². The molecule has 1 aliphatic heterocycles. The fourth-order valence-electron chi connectivity index (χ4n) is 3.80. The largest absolute Gasteiger partial charge is 0.366 e. The average Bonchev–Trinajstić information content (AvgIpc) is 2.88. The van der Waals surface area contributed by atoms with Crippen molar-refractivity contribution in [3.8, 4) is 0 Å². The Balaban J connectivity index is 1.72. The van der Waals surface area contributed by atoms with Crippen LogP contribution >= 0.6 is 0 Å². The van der Waals surface area contributed by atoms with Gasteiger partial charge in [-0.05, 0) is 57.2 Å². The van der Waals surface area contributed by atoms with Crippen LogP contribution in [0.2, 0.25) is 0 Å². The lowest BCUT2D eigenvalue weighted by Gasteiger charge is -2.38. The highest BCUT2D eigenvalue weighted by Gasteiger charge is 2.49. The Morgan fingerprint density at radius 2 is 0.900 bits per heavy atom.